The van der Waals surface area contributed by atoms with E-state index in [9.17, 15) is 9.00 Å². The number of nitrogens with one attached hydrogen (secondary N) is 1. The standard InChI is InChI=1S/C20H25N3O4S2/c1-19(2,14-9-7-6-8-10-14)20(3,17(24)27-5)22-29(25)16-12-23-11-15(13-26-4)21-18(23)28-16/h6-12H,13H2,1-5H3,(H,22,25)/p+1/t20-,29?/m1/s1. The number of carbonyl (C=O) groups is 1. The van der Waals surface area contributed by atoms with Gasteiger partial charge >= 0.3 is 5.97 Å². The summed E-state index contributed by atoms with van der Waals surface area (Å²) in [5.74, 6) is -0.474. The Kier molecular flexibility index (Phi) is 6.23. The Hall–Kier alpha value is -2.07. The highest BCUT2D eigenvalue weighted by atomic mass is 32.2. The maximum atomic E-state index is 13.2. The van der Waals surface area contributed by atoms with Crippen molar-refractivity contribution in [3.63, 3.8) is 0 Å². The molecule has 0 amide bonds. The number of aromatic nitrogens is 2. The van der Waals surface area contributed by atoms with E-state index in [4.69, 9.17) is 9.47 Å². The van der Waals surface area contributed by atoms with Crippen LogP contribution in [0.1, 0.15) is 32.0 Å². The molecule has 0 bridgehead atoms. The van der Waals surface area contributed by atoms with Crippen LogP contribution in [0.2, 0.25) is 0 Å². The summed E-state index contributed by atoms with van der Waals surface area (Å²) in [6.45, 7) is 6.02. The Balaban J connectivity index is 1.93. The molecule has 0 saturated heterocycles. The van der Waals surface area contributed by atoms with Crippen molar-refractivity contribution in [1.82, 2.24) is 14.1 Å². The average molecular weight is 437 g/mol. The smallest absolute Gasteiger partial charge is 0.331 e. The molecule has 0 aliphatic carbocycles. The molecule has 1 N–H and O–H groups in total. The Bertz CT molecular complexity index is 997. The van der Waals surface area contributed by atoms with Gasteiger partial charge in [0.05, 0.1) is 25.6 Å². The molecule has 7 nitrogen and oxygen atoms in total. The average Bonchev–Trinajstić information content (AvgIpc) is 3.26. The molecule has 0 saturated carbocycles. The van der Waals surface area contributed by atoms with E-state index < -0.39 is 27.9 Å². The van der Waals surface area contributed by atoms with E-state index in [2.05, 4.69) is 9.71 Å². The first-order valence-corrected chi connectivity index (χ1v) is 11.2. The topological polar surface area (TPSA) is 81.9 Å². The van der Waals surface area contributed by atoms with Gasteiger partial charge in [-0.3, -0.25) is 4.40 Å². The minimum absolute atomic E-state index is 0.416. The lowest BCUT2D eigenvalue weighted by molar-refractivity contribution is -0.149. The van der Waals surface area contributed by atoms with Crippen molar-refractivity contribution in [2.75, 3.05) is 14.2 Å². The second-order valence-electron chi connectivity index (χ2n) is 7.44. The largest absolute Gasteiger partial charge is 0.467 e. The van der Waals surface area contributed by atoms with Crippen LogP contribution in [0.15, 0.2) is 46.9 Å². The molecule has 3 aromatic rings. The molecule has 0 fully saturated rings. The third-order valence-electron chi connectivity index (χ3n) is 5.35. The quantitative estimate of drug-likeness (QED) is 0.333. The van der Waals surface area contributed by atoms with Crippen molar-refractivity contribution < 1.29 is 18.5 Å². The highest BCUT2D eigenvalue weighted by Gasteiger charge is 2.52. The molecule has 2 atom stereocenters. The predicted molar refractivity (Wildman–Crippen MR) is 115 cm³/mol. The third kappa shape index (κ3) is 4.00. The van der Waals surface area contributed by atoms with Gasteiger partial charge in [-0.2, -0.15) is 0 Å². The molecule has 0 aliphatic rings. The number of methoxy groups -OCH3 is 2. The molecule has 9 heteroatoms. The van der Waals surface area contributed by atoms with E-state index in [-0.39, 0.29) is 0 Å². The molecule has 0 spiro atoms. The number of fused-ring (bicyclic) bond motifs is 1. The lowest BCUT2D eigenvalue weighted by Crippen LogP contribution is -2.62. The monoisotopic (exact) mass is 436 g/mol. The first-order valence-electron chi connectivity index (χ1n) is 9.08. The van der Waals surface area contributed by atoms with Crippen molar-refractivity contribution in [3.8, 4) is 0 Å². The third-order valence-corrected chi connectivity index (χ3v) is 8.09. The van der Waals surface area contributed by atoms with E-state index in [1.54, 1.807) is 20.2 Å². The van der Waals surface area contributed by atoms with Gasteiger partial charge in [0, 0.05) is 18.7 Å². The lowest BCUT2D eigenvalue weighted by Gasteiger charge is -2.40. The van der Waals surface area contributed by atoms with Crippen LogP contribution in [0.5, 0.6) is 0 Å². The van der Waals surface area contributed by atoms with Gasteiger partial charge in [-0.1, -0.05) is 48.4 Å². The summed E-state index contributed by atoms with van der Waals surface area (Å²) >= 11 is 1.32. The minimum atomic E-state index is -2.07. The van der Waals surface area contributed by atoms with Gasteiger partial charge in [-0.25, -0.2) is 9.78 Å². The maximum absolute atomic E-state index is 13.2. The summed E-state index contributed by atoms with van der Waals surface area (Å²) < 4.78 is 28.9. The molecular weight excluding hydrogens is 410 g/mol. The van der Waals surface area contributed by atoms with E-state index in [1.165, 1.54) is 18.4 Å². The molecule has 156 valence electrons. The van der Waals surface area contributed by atoms with Crippen molar-refractivity contribution in [2.24, 2.45) is 0 Å². The van der Waals surface area contributed by atoms with Crippen molar-refractivity contribution in [3.05, 3.63) is 54.0 Å². The van der Waals surface area contributed by atoms with Crippen LogP contribution in [0, 0.1) is 0 Å². The Morgan fingerprint density at radius 2 is 1.90 bits per heavy atom. The summed E-state index contributed by atoms with van der Waals surface area (Å²) in [6, 6.07) is 9.66. The van der Waals surface area contributed by atoms with Crippen molar-refractivity contribution >= 4 is 33.3 Å². The number of imidazole rings is 1. The highest BCUT2D eigenvalue weighted by Crippen LogP contribution is 2.37. The second kappa shape index (κ2) is 8.35. The van der Waals surface area contributed by atoms with Crippen LogP contribution in [-0.4, -0.2) is 35.1 Å². The zero-order valence-electron chi connectivity index (χ0n) is 17.1. The second-order valence-corrected chi connectivity index (χ2v) is 10.0. The van der Waals surface area contributed by atoms with E-state index in [0.717, 1.165) is 16.2 Å². The molecule has 1 aromatic carbocycles. The van der Waals surface area contributed by atoms with Crippen LogP contribution in [0.4, 0.5) is 0 Å². The first kappa shape index (κ1) is 21.6. The van der Waals surface area contributed by atoms with Gasteiger partial charge in [0.15, 0.2) is 21.5 Å². The van der Waals surface area contributed by atoms with Gasteiger partial charge in [-0.05, 0) is 23.8 Å². The SMILES string of the molecule is COCc1cn2cc([SH+](=O)N[C@](C)(C(=O)OC)C(C)(C)c3ccccc3)sc2n1. The molecule has 0 aliphatic heterocycles. The van der Waals surface area contributed by atoms with Crippen molar-refractivity contribution in [1.29, 1.82) is 0 Å². The highest BCUT2D eigenvalue weighted by molar-refractivity contribution is 7.85. The summed E-state index contributed by atoms with van der Waals surface area (Å²) in [4.78, 5) is 18.0. The molecule has 0 radical (unpaired) electrons. The fourth-order valence-corrected chi connectivity index (χ4v) is 5.75. The number of hydrogen-bond donors (Lipinski definition) is 1. The predicted octanol–water partition coefficient (Wildman–Crippen LogP) is 3.01. The normalized spacial score (nSPS) is 15.2. The summed E-state index contributed by atoms with van der Waals surface area (Å²) in [6.07, 6.45) is 3.61. The summed E-state index contributed by atoms with van der Waals surface area (Å²) in [5, 5.41) is 0. The number of thiol groups is 1. The fraction of sp³-hybridized carbons (Fsp3) is 0.400. The Labute approximate surface area is 176 Å². The fourth-order valence-electron chi connectivity index (χ4n) is 3.19. The van der Waals surface area contributed by atoms with Crippen molar-refractivity contribution in [2.45, 2.75) is 42.5 Å². The molecule has 2 heterocycles. The molecular formula is C20H26N3O4S2+. The first-order chi connectivity index (χ1) is 13.7. The zero-order chi connectivity index (χ0) is 21.2. The number of thiazole rings is 1. The Morgan fingerprint density at radius 3 is 2.48 bits per heavy atom. The number of carbonyl (C=O) groups excluding carboxylic acids is 1. The number of nitrogens with zero attached hydrogens (tertiary/aromatic N) is 2. The molecule has 29 heavy (non-hydrogen) atoms. The van der Waals surface area contributed by atoms with E-state index >= 15 is 0 Å². The van der Waals surface area contributed by atoms with Gasteiger partial charge in [0.25, 0.3) is 0 Å². The minimum Gasteiger partial charge on any atom is -0.467 e. The van der Waals surface area contributed by atoms with Crippen LogP contribution in [-0.2, 0) is 41.5 Å². The summed E-state index contributed by atoms with van der Waals surface area (Å²) in [5.41, 5.74) is -0.161. The molecule has 1 unspecified atom stereocenters. The maximum Gasteiger partial charge on any atom is 0.331 e. The lowest BCUT2D eigenvalue weighted by atomic mass is 9.69. The van der Waals surface area contributed by atoms with Gasteiger partial charge in [0.1, 0.15) is 0 Å². The number of esters is 1. The van der Waals surface area contributed by atoms with Crippen LogP contribution in [0.3, 0.4) is 0 Å². The zero-order valence-corrected chi connectivity index (χ0v) is 18.8. The Morgan fingerprint density at radius 1 is 1.21 bits per heavy atom. The molecule has 2 aromatic heterocycles. The van der Waals surface area contributed by atoms with E-state index in [0.29, 0.717) is 10.8 Å². The van der Waals surface area contributed by atoms with Gasteiger partial charge in [-0.15, -0.1) is 4.72 Å². The van der Waals surface area contributed by atoms with E-state index in [1.807, 2.05) is 54.8 Å². The molecule has 3 rings (SSSR count). The van der Waals surface area contributed by atoms with Crippen LogP contribution < -0.4 is 4.72 Å². The number of rotatable bonds is 8. The van der Waals surface area contributed by atoms with Gasteiger partial charge < -0.3 is 9.47 Å². The van der Waals surface area contributed by atoms with Gasteiger partial charge in [0.2, 0.25) is 4.21 Å². The van der Waals surface area contributed by atoms with Crippen LogP contribution >= 0.6 is 11.3 Å². The number of benzene rings is 1. The summed E-state index contributed by atoms with van der Waals surface area (Å²) in [7, 11) is 0.884. The number of ether oxygens (including phenoxy) is 2. The van der Waals surface area contributed by atoms with Crippen LogP contribution in [0.25, 0.3) is 4.96 Å². The number of hydrogen-bond acceptors (Lipinski definition) is 6.